The van der Waals surface area contributed by atoms with Crippen LogP contribution < -0.4 is 5.32 Å². The van der Waals surface area contributed by atoms with Gasteiger partial charge in [0.1, 0.15) is 0 Å². The lowest BCUT2D eigenvalue weighted by Gasteiger charge is -2.34. The van der Waals surface area contributed by atoms with E-state index < -0.39 is 5.92 Å². The Morgan fingerprint density at radius 1 is 1.18 bits per heavy atom. The van der Waals surface area contributed by atoms with Gasteiger partial charge in [0.15, 0.2) is 0 Å². The van der Waals surface area contributed by atoms with Crippen molar-refractivity contribution in [1.82, 2.24) is 10.2 Å². The highest BCUT2D eigenvalue weighted by Crippen LogP contribution is 2.36. The van der Waals surface area contributed by atoms with E-state index in [9.17, 15) is 8.78 Å². The van der Waals surface area contributed by atoms with Crippen molar-refractivity contribution in [2.75, 3.05) is 32.7 Å². The van der Waals surface area contributed by atoms with Gasteiger partial charge in [-0.3, -0.25) is 0 Å². The summed E-state index contributed by atoms with van der Waals surface area (Å²) in [4.78, 5) is 2.32. The summed E-state index contributed by atoms with van der Waals surface area (Å²) >= 11 is 0. The number of nitrogens with zero attached hydrogens (tertiary/aromatic N) is 1. The molecule has 2 nitrogen and oxygen atoms in total. The number of hydrogen-bond donors (Lipinski definition) is 1. The normalized spacial score (nSPS) is 28.9. The molecule has 1 aliphatic heterocycles. The van der Waals surface area contributed by atoms with Gasteiger partial charge in [0.05, 0.1) is 0 Å². The molecule has 1 saturated heterocycles. The van der Waals surface area contributed by atoms with Crippen LogP contribution in [0.3, 0.4) is 0 Å². The maximum atomic E-state index is 13.2. The topological polar surface area (TPSA) is 15.3 Å². The van der Waals surface area contributed by atoms with E-state index in [4.69, 9.17) is 0 Å². The Morgan fingerprint density at radius 2 is 1.82 bits per heavy atom. The lowest BCUT2D eigenvalue weighted by molar-refractivity contribution is -0.0572. The van der Waals surface area contributed by atoms with Gasteiger partial charge in [-0.05, 0) is 18.8 Å². The zero-order valence-electron chi connectivity index (χ0n) is 9.96. The monoisotopic (exact) mass is 290 g/mol. The van der Waals surface area contributed by atoms with E-state index in [1.807, 2.05) is 0 Å². The number of piperazine rings is 1. The SMILES string of the molecule is Cl.Cl.FC1(F)CCCC(CN2CCNCC2)C1. The van der Waals surface area contributed by atoms with E-state index in [1.165, 1.54) is 0 Å². The van der Waals surface area contributed by atoms with Crippen LogP contribution in [0.5, 0.6) is 0 Å². The molecule has 0 spiro atoms. The van der Waals surface area contributed by atoms with E-state index in [2.05, 4.69) is 10.2 Å². The van der Waals surface area contributed by atoms with Gasteiger partial charge in [0.2, 0.25) is 5.92 Å². The molecule has 1 heterocycles. The fourth-order valence-electron chi connectivity index (χ4n) is 2.69. The first-order chi connectivity index (χ1) is 7.16. The van der Waals surface area contributed by atoms with Crippen molar-refractivity contribution in [2.24, 2.45) is 5.92 Å². The number of rotatable bonds is 2. The maximum Gasteiger partial charge on any atom is 0.248 e. The third kappa shape index (κ3) is 5.69. The standard InChI is InChI=1S/C11H20F2N2.2ClH/c12-11(13)3-1-2-10(8-11)9-15-6-4-14-5-7-15;;/h10,14H,1-9H2;2*1H. The van der Waals surface area contributed by atoms with E-state index in [0.717, 1.165) is 39.1 Å². The molecule has 2 aliphatic rings. The molecule has 0 aromatic rings. The molecule has 1 saturated carbocycles. The summed E-state index contributed by atoms with van der Waals surface area (Å²) in [5, 5.41) is 3.28. The molecule has 104 valence electrons. The summed E-state index contributed by atoms with van der Waals surface area (Å²) in [7, 11) is 0. The highest BCUT2D eigenvalue weighted by molar-refractivity contribution is 5.85. The molecule has 6 heteroatoms. The number of halogens is 4. The van der Waals surface area contributed by atoms with Crippen LogP contribution in [0, 0.1) is 5.92 Å². The number of alkyl halides is 2. The molecule has 0 bridgehead atoms. The largest absolute Gasteiger partial charge is 0.314 e. The van der Waals surface area contributed by atoms with Crippen LogP contribution in [-0.4, -0.2) is 43.5 Å². The molecule has 1 atom stereocenters. The van der Waals surface area contributed by atoms with Gasteiger partial charge < -0.3 is 10.2 Å². The van der Waals surface area contributed by atoms with Crippen LogP contribution in [0.15, 0.2) is 0 Å². The molecule has 0 amide bonds. The van der Waals surface area contributed by atoms with Gasteiger partial charge in [-0.2, -0.15) is 0 Å². The van der Waals surface area contributed by atoms with Crippen LogP contribution in [0.25, 0.3) is 0 Å². The van der Waals surface area contributed by atoms with Crippen molar-refractivity contribution in [3.63, 3.8) is 0 Å². The molecular formula is C11H22Cl2F2N2. The lowest BCUT2D eigenvalue weighted by Crippen LogP contribution is -2.46. The van der Waals surface area contributed by atoms with Gasteiger partial charge >= 0.3 is 0 Å². The average Bonchev–Trinajstić information content (AvgIpc) is 2.17. The van der Waals surface area contributed by atoms with Crippen molar-refractivity contribution >= 4 is 24.8 Å². The first kappa shape index (κ1) is 17.4. The quantitative estimate of drug-likeness (QED) is 0.841. The van der Waals surface area contributed by atoms with Gasteiger partial charge in [0.25, 0.3) is 0 Å². The van der Waals surface area contributed by atoms with Crippen LogP contribution in [0.1, 0.15) is 25.7 Å². The molecule has 1 N–H and O–H groups in total. The smallest absolute Gasteiger partial charge is 0.248 e. The Balaban J connectivity index is 0.00000128. The molecular weight excluding hydrogens is 269 g/mol. The Labute approximate surface area is 114 Å². The second kappa shape index (κ2) is 7.72. The van der Waals surface area contributed by atoms with E-state index in [0.29, 0.717) is 6.42 Å². The second-order valence-corrected chi connectivity index (χ2v) is 4.87. The second-order valence-electron chi connectivity index (χ2n) is 4.87. The highest BCUT2D eigenvalue weighted by atomic mass is 35.5. The zero-order chi connectivity index (χ0) is 10.7. The fourth-order valence-corrected chi connectivity index (χ4v) is 2.69. The minimum Gasteiger partial charge on any atom is -0.314 e. The average molecular weight is 291 g/mol. The first-order valence-electron chi connectivity index (χ1n) is 5.97. The number of hydrogen-bond acceptors (Lipinski definition) is 2. The summed E-state index contributed by atoms with van der Waals surface area (Å²) in [5.74, 6) is -2.18. The van der Waals surface area contributed by atoms with Crippen LogP contribution in [-0.2, 0) is 0 Å². The van der Waals surface area contributed by atoms with Gasteiger partial charge in [0, 0.05) is 45.6 Å². The van der Waals surface area contributed by atoms with Gasteiger partial charge in [-0.1, -0.05) is 0 Å². The Kier molecular flexibility index (Phi) is 7.88. The summed E-state index contributed by atoms with van der Waals surface area (Å²) in [5.41, 5.74) is 0. The minimum absolute atomic E-state index is 0. The summed E-state index contributed by atoms with van der Waals surface area (Å²) < 4.78 is 26.4. The Hall–Kier alpha value is 0.360. The molecule has 2 fully saturated rings. The summed E-state index contributed by atoms with van der Waals surface area (Å²) in [6.07, 6.45) is 1.89. The Bertz CT molecular complexity index is 212. The Morgan fingerprint density at radius 3 is 2.41 bits per heavy atom. The predicted octanol–water partition coefficient (Wildman–Crippen LogP) is 2.56. The van der Waals surface area contributed by atoms with Gasteiger partial charge in [-0.15, -0.1) is 24.8 Å². The molecule has 0 radical (unpaired) electrons. The third-order valence-corrected chi connectivity index (χ3v) is 3.47. The molecule has 1 unspecified atom stereocenters. The van der Waals surface area contributed by atoms with E-state index >= 15 is 0 Å². The summed E-state index contributed by atoms with van der Waals surface area (Å²) in [6, 6.07) is 0. The predicted molar refractivity (Wildman–Crippen MR) is 70.7 cm³/mol. The van der Waals surface area contributed by atoms with Crippen LogP contribution >= 0.6 is 24.8 Å². The number of nitrogens with one attached hydrogen (secondary N) is 1. The maximum absolute atomic E-state index is 13.2. The van der Waals surface area contributed by atoms with Crippen molar-refractivity contribution in [3.05, 3.63) is 0 Å². The van der Waals surface area contributed by atoms with Gasteiger partial charge in [-0.25, -0.2) is 8.78 Å². The lowest BCUT2D eigenvalue weighted by atomic mass is 9.86. The zero-order valence-corrected chi connectivity index (χ0v) is 11.6. The van der Waals surface area contributed by atoms with Crippen molar-refractivity contribution < 1.29 is 8.78 Å². The van der Waals surface area contributed by atoms with Crippen LogP contribution in [0.4, 0.5) is 8.78 Å². The van der Waals surface area contributed by atoms with E-state index in [1.54, 1.807) is 0 Å². The minimum atomic E-state index is -2.39. The van der Waals surface area contributed by atoms with Crippen molar-refractivity contribution in [1.29, 1.82) is 0 Å². The molecule has 0 aromatic heterocycles. The highest BCUT2D eigenvalue weighted by Gasteiger charge is 2.36. The first-order valence-corrected chi connectivity index (χ1v) is 5.97. The van der Waals surface area contributed by atoms with Crippen molar-refractivity contribution in [3.8, 4) is 0 Å². The fraction of sp³-hybridized carbons (Fsp3) is 1.00. The molecule has 17 heavy (non-hydrogen) atoms. The molecule has 1 aliphatic carbocycles. The van der Waals surface area contributed by atoms with Crippen molar-refractivity contribution in [2.45, 2.75) is 31.6 Å². The van der Waals surface area contributed by atoms with E-state index in [-0.39, 0.29) is 43.6 Å². The molecule has 2 rings (SSSR count). The van der Waals surface area contributed by atoms with Crippen LogP contribution in [0.2, 0.25) is 0 Å². The summed E-state index contributed by atoms with van der Waals surface area (Å²) in [6.45, 7) is 4.91. The molecule has 0 aromatic carbocycles. The third-order valence-electron chi connectivity index (χ3n) is 3.47.